The summed E-state index contributed by atoms with van der Waals surface area (Å²) in [6.07, 6.45) is 0. The van der Waals surface area contributed by atoms with Crippen molar-refractivity contribution in [3.05, 3.63) is 53.6 Å². The average Bonchev–Trinajstić information content (AvgIpc) is 2.54. The van der Waals surface area contributed by atoms with Crippen LogP contribution < -0.4 is 14.2 Å². The second-order valence-electron chi connectivity index (χ2n) is 4.45. The molecule has 4 heteroatoms. The minimum absolute atomic E-state index is 0.0278. The van der Waals surface area contributed by atoms with E-state index in [0.717, 1.165) is 22.6 Å². The first kappa shape index (κ1) is 15.7. The second kappa shape index (κ2) is 7.36. The van der Waals surface area contributed by atoms with Crippen LogP contribution in [-0.2, 0) is 0 Å². The van der Waals surface area contributed by atoms with E-state index in [2.05, 4.69) is 22.0 Å². The summed E-state index contributed by atoms with van der Waals surface area (Å²) in [7, 11) is 3.27. The molecule has 0 saturated carbocycles. The number of hydrogen-bond donors (Lipinski definition) is 0. The van der Waals surface area contributed by atoms with Crippen LogP contribution in [-0.4, -0.2) is 20.8 Å². The zero-order valence-corrected chi connectivity index (χ0v) is 14.0. The first-order valence-electron chi connectivity index (χ1n) is 6.79. The lowest BCUT2D eigenvalue weighted by molar-refractivity contribution is 0.337. The first-order valence-corrected chi connectivity index (χ1v) is 7.70. The molecule has 0 radical (unpaired) electrons. The third-order valence-corrected chi connectivity index (χ3v) is 4.21. The Balaban J connectivity index is 2.38. The van der Waals surface area contributed by atoms with Crippen molar-refractivity contribution >= 4 is 15.9 Å². The van der Waals surface area contributed by atoms with Crippen LogP contribution in [0.3, 0.4) is 0 Å². The Kier molecular flexibility index (Phi) is 5.51. The molecule has 1 atom stereocenters. The van der Waals surface area contributed by atoms with Crippen LogP contribution in [0.4, 0.5) is 0 Å². The van der Waals surface area contributed by atoms with Gasteiger partial charge < -0.3 is 14.2 Å². The summed E-state index contributed by atoms with van der Waals surface area (Å²) < 4.78 is 16.3. The number of methoxy groups -OCH3 is 2. The smallest absolute Gasteiger partial charge is 0.161 e. The van der Waals surface area contributed by atoms with Crippen LogP contribution in [0.1, 0.15) is 22.9 Å². The highest BCUT2D eigenvalue weighted by atomic mass is 79.9. The molecular weight excluding hydrogens is 332 g/mol. The third kappa shape index (κ3) is 3.50. The van der Waals surface area contributed by atoms with E-state index in [0.29, 0.717) is 12.4 Å². The molecule has 0 N–H and O–H groups in total. The molecule has 0 amide bonds. The molecule has 2 aromatic rings. The highest BCUT2D eigenvalue weighted by molar-refractivity contribution is 9.09. The van der Waals surface area contributed by atoms with Gasteiger partial charge in [-0.25, -0.2) is 0 Å². The van der Waals surface area contributed by atoms with Crippen molar-refractivity contribution in [1.29, 1.82) is 0 Å². The molecule has 2 rings (SSSR count). The molecule has 0 bridgehead atoms. The second-order valence-corrected chi connectivity index (χ2v) is 5.36. The molecule has 0 aliphatic heterocycles. The number of rotatable bonds is 6. The fraction of sp³-hybridized carbons (Fsp3) is 0.294. The van der Waals surface area contributed by atoms with Gasteiger partial charge in [0.25, 0.3) is 0 Å². The van der Waals surface area contributed by atoms with E-state index in [1.54, 1.807) is 14.2 Å². The van der Waals surface area contributed by atoms with Crippen molar-refractivity contribution in [1.82, 2.24) is 0 Å². The fourth-order valence-corrected chi connectivity index (χ4v) is 2.83. The summed E-state index contributed by atoms with van der Waals surface area (Å²) in [5.74, 6) is 2.32. The molecular formula is C17H19BrO3. The van der Waals surface area contributed by atoms with Crippen molar-refractivity contribution in [3.63, 3.8) is 0 Å². The molecule has 0 aromatic heterocycles. The van der Waals surface area contributed by atoms with Crippen LogP contribution in [0.25, 0.3) is 0 Å². The van der Waals surface area contributed by atoms with E-state index in [-0.39, 0.29) is 4.83 Å². The number of ether oxygens (including phenoxy) is 3. The molecule has 21 heavy (non-hydrogen) atoms. The Labute approximate surface area is 134 Å². The van der Waals surface area contributed by atoms with Crippen molar-refractivity contribution in [2.45, 2.75) is 11.8 Å². The van der Waals surface area contributed by atoms with E-state index in [9.17, 15) is 0 Å². The number of hydrogen-bond acceptors (Lipinski definition) is 3. The Hall–Kier alpha value is -1.68. The lowest BCUT2D eigenvalue weighted by atomic mass is 10.0. The Bertz CT molecular complexity index is 598. The zero-order valence-electron chi connectivity index (χ0n) is 12.4. The average molecular weight is 351 g/mol. The molecule has 0 aliphatic carbocycles. The molecule has 3 nitrogen and oxygen atoms in total. The van der Waals surface area contributed by atoms with Crippen LogP contribution in [0.15, 0.2) is 42.5 Å². The molecule has 0 fully saturated rings. The Morgan fingerprint density at radius 3 is 2.33 bits per heavy atom. The Morgan fingerprint density at radius 1 is 0.952 bits per heavy atom. The lowest BCUT2D eigenvalue weighted by Gasteiger charge is -2.17. The van der Waals surface area contributed by atoms with Gasteiger partial charge in [-0.05, 0) is 30.7 Å². The quantitative estimate of drug-likeness (QED) is 0.713. The number of benzene rings is 2. The van der Waals surface area contributed by atoms with E-state index >= 15 is 0 Å². The van der Waals surface area contributed by atoms with Crippen LogP contribution in [0, 0.1) is 0 Å². The van der Waals surface area contributed by atoms with E-state index in [1.807, 2.05) is 43.3 Å². The van der Waals surface area contributed by atoms with Gasteiger partial charge in [0.1, 0.15) is 5.75 Å². The van der Waals surface area contributed by atoms with Gasteiger partial charge in [-0.2, -0.15) is 0 Å². The summed E-state index contributed by atoms with van der Waals surface area (Å²) in [5.41, 5.74) is 2.17. The molecule has 0 saturated heterocycles. The third-order valence-electron chi connectivity index (χ3n) is 3.19. The molecule has 2 aromatic carbocycles. The van der Waals surface area contributed by atoms with Gasteiger partial charge in [-0.1, -0.05) is 40.2 Å². The van der Waals surface area contributed by atoms with Crippen molar-refractivity contribution in [2.24, 2.45) is 0 Å². The van der Waals surface area contributed by atoms with Gasteiger partial charge >= 0.3 is 0 Å². The van der Waals surface area contributed by atoms with Crippen molar-refractivity contribution in [2.75, 3.05) is 20.8 Å². The largest absolute Gasteiger partial charge is 0.494 e. The molecule has 0 spiro atoms. The minimum Gasteiger partial charge on any atom is -0.494 e. The van der Waals surface area contributed by atoms with E-state index in [4.69, 9.17) is 14.2 Å². The Morgan fingerprint density at radius 2 is 1.67 bits per heavy atom. The SMILES string of the molecule is CCOc1ccccc1C(Br)c1ccc(OC)c(OC)c1. The topological polar surface area (TPSA) is 27.7 Å². The maximum absolute atomic E-state index is 5.70. The predicted octanol–water partition coefficient (Wildman–Crippen LogP) is 4.59. The van der Waals surface area contributed by atoms with Gasteiger partial charge in [0.2, 0.25) is 0 Å². The highest BCUT2D eigenvalue weighted by Gasteiger charge is 2.17. The van der Waals surface area contributed by atoms with Gasteiger partial charge in [-0.3, -0.25) is 0 Å². The van der Waals surface area contributed by atoms with Gasteiger partial charge in [-0.15, -0.1) is 0 Å². The highest BCUT2D eigenvalue weighted by Crippen LogP contribution is 2.39. The summed E-state index contributed by atoms with van der Waals surface area (Å²) in [5, 5.41) is 0. The predicted molar refractivity (Wildman–Crippen MR) is 87.9 cm³/mol. The van der Waals surface area contributed by atoms with Crippen molar-refractivity contribution < 1.29 is 14.2 Å². The van der Waals surface area contributed by atoms with Gasteiger partial charge in [0, 0.05) is 5.56 Å². The normalized spacial score (nSPS) is 11.8. The summed E-state index contributed by atoms with van der Waals surface area (Å²) in [6.45, 7) is 2.62. The maximum Gasteiger partial charge on any atom is 0.161 e. The molecule has 1 unspecified atom stereocenters. The summed E-state index contributed by atoms with van der Waals surface area (Å²) >= 11 is 3.75. The van der Waals surface area contributed by atoms with Crippen LogP contribution in [0.5, 0.6) is 17.2 Å². The maximum atomic E-state index is 5.70. The molecule has 0 aliphatic rings. The monoisotopic (exact) mass is 350 g/mol. The van der Waals surface area contributed by atoms with E-state index in [1.165, 1.54) is 0 Å². The number of para-hydroxylation sites is 1. The van der Waals surface area contributed by atoms with E-state index < -0.39 is 0 Å². The van der Waals surface area contributed by atoms with Gasteiger partial charge in [0.05, 0.1) is 25.7 Å². The van der Waals surface area contributed by atoms with Crippen LogP contribution in [0.2, 0.25) is 0 Å². The standard InChI is InChI=1S/C17H19BrO3/c1-4-21-14-8-6-5-7-13(14)17(18)12-9-10-15(19-2)16(11-12)20-3/h5-11,17H,4H2,1-3H3. The molecule has 0 heterocycles. The summed E-state index contributed by atoms with van der Waals surface area (Å²) in [6, 6.07) is 13.9. The van der Waals surface area contributed by atoms with Crippen molar-refractivity contribution in [3.8, 4) is 17.2 Å². The first-order chi connectivity index (χ1) is 10.2. The van der Waals surface area contributed by atoms with Gasteiger partial charge in [0.15, 0.2) is 11.5 Å². The van der Waals surface area contributed by atoms with Crippen LogP contribution >= 0.6 is 15.9 Å². The minimum atomic E-state index is 0.0278. The summed E-state index contributed by atoms with van der Waals surface area (Å²) in [4.78, 5) is 0.0278. The molecule has 112 valence electrons. The number of alkyl halides is 1. The lowest BCUT2D eigenvalue weighted by Crippen LogP contribution is -2.00. The fourth-order valence-electron chi connectivity index (χ4n) is 2.17. The zero-order chi connectivity index (χ0) is 15.2. The number of halogens is 1.